The molecule has 2 aromatic carbocycles. The van der Waals surface area contributed by atoms with Crippen molar-refractivity contribution in [3.8, 4) is 5.75 Å². The van der Waals surface area contributed by atoms with Crippen molar-refractivity contribution in [2.45, 2.75) is 19.3 Å². The third-order valence-corrected chi connectivity index (χ3v) is 4.63. The number of halogens is 2. The molecule has 0 saturated heterocycles. The molecule has 0 heterocycles. The topological polar surface area (TPSA) is 23.5 Å². The van der Waals surface area contributed by atoms with E-state index in [4.69, 9.17) is 11.6 Å². The molecule has 0 aromatic heterocycles. The van der Waals surface area contributed by atoms with Gasteiger partial charge in [-0.05, 0) is 68.3 Å². The number of phenolic OH excluding ortho intramolecular Hbond substituents is 1. The molecule has 128 valence electrons. The van der Waals surface area contributed by atoms with Crippen LogP contribution in [0.4, 0.5) is 0 Å². The first-order valence-corrected chi connectivity index (χ1v) is 8.33. The number of nitrogens with zero attached hydrogens (tertiary/aromatic N) is 1. The van der Waals surface area contributed by atoms with Crippen LogP contribution in [-0.2, 0) is 12.8 Å². The standard InChI is InChI=1S/C20H22ClNO.ClH/c1-22(2)13-15-8-11-18-17(4-3-5-20(18)23)19(15)12-14-6-9-16(21)10-7-14;/h3-7,9-10,23H,8,11-13H2,1-2H3;1H. The van der Waals surface area contributed by atoms with Crippen molar-refractivity contribution in [1.29, 1.82) is 0 Å². The van der Waals surface area contributed by atoms with Gasteiger partial charge >= 0.3 is 0 Å². The van der Waals surface area contributed by atoms with Gasteiger partial charge in [0.25, 0.3) is 0 Å². The summed E-state index contributed by atoms with van der Waals surface area (Å²) < 4.78 is 0. The molecule has 0 unspecified atom stereocenters. The molecule has 0 bridgehead atoms. The second-order valence-corrected chi connectivity index (χ2v) is 6.86. The number of phenols is 1. The van der Waals surface area contributed by atoms with E-state index in [2.05, 4.69) is 37.2 Å². The fourth-order valence-corrected chi connectivity index (χ4v) is 3.45. The normalized spacial score (nSPS) is 13.7. The van der Waals surface area contributed by atoms with Crippen LogP contribution in [0, 0.1) is 0 Å². The van der Waals surface area contributed by atoms with E-state index in [1.165, 1.54) is 22.3 Å². The van der Waals surface area contributed by atoms with Crippen LogP contribution >= 0.6 is 24.0 Å². The lowest BCUT2D eigenvalue weighted by atomic mass is 9.82. The highest BCUT2D eigenvalue weighted by molar-refractivity contribution is 6.30. The van der Waals surface area contributed by atoms with Gasteiger partial charge in [-0.1, -0.05) is 41.4 Å². The van der Waals surface area contributed by atoms with E-state index < -0.39 is 0 Å². The van der Waals surface area contributed by atoms with Crippen LogP contribution < -0.4 is 0 Å². The Balaban J connectivity index is 0.00000208. The monoisotopic (exact) mass is 363 g/mol. The average Bonchev–Trinajstić information content (AvgIpc) is 2.51. The van der Waals surface area contributed by atoms with Gasteiger partial charge in [0, 0.05) is 17.1 Å². The van der Waals surface area contributed by atoms with Crippen molar-refractivity contribution in [3.05, 3.63) is 69.8 Å². The molecule has 2 aromatic rings. The van der Waals surface area contributed by atoms with E-state index in [-0.39, 0.29) is 12.4 Å². The highest BCUT2D eigenvalue weighted by Gasteiger charge is 2.21. The number of allylic oxidation sites excluding steroid dienone is 1. The molecule has 0 spiro atoms. The van der Waals surface area contributed by atoms with Gasteiger partial charge in [0.2, 0.25) is 0 Å². The molecule has 1 aliphatic rings. The van der Waals surface area contributed by atoms with Crippen LogP contribution in [0.25, 0.3) is 5.57 Å². The SMILES string of the molecule is CN(C)CC1=C(Cc2ccc(Cl)cc2)c2cccc(O)c2CC1.Cl. The third-order valence-electron chi connectivity index (χ3n) is 4.38. The molecule has 0 radical (unpaired) electrons. The Morgan fingerprint density at radius 1 is 1.04 bits per heavy atom. The van der Waals surface area contributed by atoms with E-state index in [0.717, 1.165) is 36.4 Å². The Morgan fingerprint density at radius 2 is 1.75 bits per heavy atom. The average molecular weight is 364 g/mol. The van der Waals surface area contributed by atoms with Crippen LogP contribution in [0.3, 0.4) is 0 Å². The van der Waals surface area contributed by atoms with Crippen molar-refractivity contribution in [2.75, 3.05) is 20.6 Å². The number of benzene rings is 2. The number of aromatic hydroxyl groups is 1. The Labute approximate surface area is 155 Å². The van der Waals surface area contributed by atoms with Gasteiger partial charge in [0.15, 0.2) is 0 Å². The van der Waals surface area contributed by atoms with Gasteiger partial charge in [-0.3, -0.25) is 0 Å². The quantitative estimate of drug-likeness (QED) is 0.828. The van der Waals surface area contributed by atoms with Crippen LogP contribution in [0.2, 0.25) is 5.02 Å². The molecular formula is C20H23Cl2NO. The zero-order valence-corrected chi connectivity index (χ0v) is 15.6. The van der Waals surface area contributed by atoms with Crippen molar-refractivity contribution in [2.24, 2.45) is 0 Å². The summed E-state index contributed by atoms with van der Waals surface area (Å²) in [4.78, 5) is 2.21. The first-order valence-electron chi connectivity index (χ1n) is 7.96. The summed E-state index contributed by atoms with van der Waals surface area (Å²) in [6.45, 7) is 0.956. The van der Waals surface area contributed by atoms with E-state index in [9.17, 15) is 5.11 Å². The summed E-state index contributed by atoms with van der Waals surface area (Å²) >= 11 is 6.00. The number of hydrogen-bond acceptors (Lipinski definition) is 2. The number of likely N-dealkylation sites (N-methyl/N-ethyl adjacent to an activating group) is 1. The smallest absolute Gasteiger partial charge is 0.119 e. The van der Waals surface area contributed by atoms with Gasteiger partial charge in [-0.25, -0.2) is 0 Å². The molecule has 0 amide bonds. The van der Waals surface area contributed by atoms with Gasteiger partial charge in [0.1, 0.15) is 5.75 Å². The predicted octanol–water partition coefficient (Wildman–Crippen LogP) is 4.97. The fourth-order valence-electron chi connectivity index (χ4n) is 3.32. The van der Waals surface area contributed by atoms with Crippen LogP contribution in [0.5, 0.6) is 5.75 Å². The van der Waals surface area contributed by atoms with E-state index in [0.29, 0.717) is 5.75 Å². The Hall–Kier alpha value is -1.48. The lowest BCUT2D eigenvalue weighted by Gasteiger charge is -2.26. The Morgan fingerprint density at radius 3 is 2.42 bits per heavy atom. The van der Waals surface area contributed by atoms with E-state index >= 15 is 0 Å². The van der Waals surface area contributed by atoms with Crippen molar-refractivity contribution in [3.63, 3.8) is 0 Å². The minimum atomic E-state index is 0. The summed E-state index contributed by atoms with van der Waals surface area (Å²) in [6, 6.07) is 13.9. The first kappa shape index (κ1) is 18.9. The zero-order chi connectivity index (χ0) is 16.4. The van der Waals surface area contributed by atoms with Crippen LogP contribution in [0.15, 0.2) is 48.0 Å². The van der Waals surface area contributed by atoms with E-state index in [1.807, 2.05) is 18.2 Å². The molecule has 0 atom stereocenters. The molecule has 2 nitrogen and oxygen atoms in total. The molecular weight excluding hydrogens is 341 g/mol. The van der Waals surface area contributed by atoms with Gasteiger partial charge in [0.05, 0.1) is 0 Å². The first-order chi connectivity index (χ1) is 11.0. The lowest BCUT2D eigenvalue weighted by Crippen LogP contribution is -2.19. The number of fused-ring (bicyclic) bond motifs is 1. The molecule has 4 heteroatoms. The van der Waals surface area contributed by atoms with E-state index in [1.54, 1.807) is 6.07 Å². The maximum Gasteiger partial charge on any atom is 0.119 e. The highest BCUT2D eigenvalue weighted by Crippen LogP contribution is 2.37. The van der Waals surface area contributed by atoms with Crippen LogP contribution in [0.1, 0.15) is 23.1 Å². The second kappa shape index (κ2) is 8.06. The molecule has 1 aliphatic carbocycles. The molecule has 24 heavy (non-hydrogen) atoms. The minimum absolute atomic E-state index is 0. The minimum Gasteiger partial charge on any atom is -0.508 e. The lowest BCUT2D eigenvalue weighted by molar-refractivity contribution is 0.436. The maximum absolute atomic E-state index is 10.2. The van der Waals surface area contributed by atoms with Gasteiger partial charge in [-0.2, -0.15) is 0 Å². The molecule has 0 saturated carbocycles. The maximum atomic E-state index is 10.2. The number of rotatable bonds is 4. The highest BCUT2D eigenvalue weighted by atomic mass is 35.5. The zero-order valence-electron chi connectivity index (χ0n) is 14.1. The van der Waals surface area contributed by atoms with Crippen LogP contribution in [-0.4, -0.2) is 30.6 Å². The summed E-state index contributed by atoms with van der Waals surface area (Å²) in [5.74, 6) is 0.417. The molecule has 3 rings (SSSR count). The summed E-state index contributed by atoms with van der Waals surface area (Å²) in [7, 11) is 4.20. The third kappa shape index (κ3) is 4.13. The molecule has 1 N–H and O–H groups in total. The molecule has 0 fully saturated rings. The van der Waals surface area contributed by atoms with Crippen molar-refractivity contribution >= 4 is 29.6 Å². The summed E-state index contributed by atoms with van der Waals surface area (Å²) in [5.41, 5.74) is 6.33. The van der Waals surface area contributed by atoms with Gasteiger partial charge in [-0.15, -0.1) is 12.4 Å². The number of hydrogen-bond donors (Lipinski definition) is 1. The Kier molecular flexibility index (Phi) is 6.34. The fraction of sp³-hybridized carbons (Fsp3) is 0.300. The van der Waals surface area contributed by atoms with Crippen molar-refractivity contribution in [1.82, 2.24) is 4.90 Å². The predicted molar refractivity (Wildman–Crippen MR) is 104 cm³/mol. The second-order valence-electron chi connectivity index (χ2n) is 6.43. The summed E-state index contributed by atoms with van der Waals surface area (Å²) in [5, 5.41) is 11.0. The van der Waals surface area contributed by atoms with Crippen molar-refractivity contribution < 1.29 is 5.11 Å². The summed E-state index contributed by atoms with van der Waals surface area (Å²) in [6.07, 6.45) is 2.79. The molecule has 0 aliphatic heterocycles. The Bertz CT molecular complexity index is 736. The van der Waals surface area contributed by atoms with Gasteiger partial charge < -0.3 is 10.0 Å². The largest absolute Gasteiger partial charge is 0.508 e.